The smallest absolute Gasteiger partial charge is 0.240 e. The van der Waals surface area contributed by atoms with Crippen LogP contribution in [0.15, 0.2) is 27.6 Å². The molecule has 0 radical (unpaired) electrons. The molecule has 0 saturated carbocycles. The normalized spacial score (nSPS) is 12.4. The Hall–Kier alpha value is -0.430. The first kappa shape index (κ1) is 16.6. The van der Waals surface area contributed by atoms with Crippen molar-refractivity contribution in [3.8, 4) is 0 Å². The Balaban J connectivity index is 2.68. The lowest BCUT2D eigenvalue weighted by Gasteiger charge is -2.20. The molecule has 0 fully saturated rings. The molecule has 1 N–H and O–H groups in total. The summed E-state index contributed by atoms with van der Waals surface area (Å²) in [4.78, 5) is 2.40. The predicted octanol–water partition coefficient (Wildman–Crippen LogP) is 2.38. The number of aryl methyl sites for hydroxylation is 1. The van der Waals surface area contributed by atoms with Crippen LogP contribution >= 0.6 is 15.9 Å². The van der Waals surface area contributed by atoms with Crippen LogP contribution in [0.4, 0.5) is 0 Å². The molecule has 19 heavy (non-hydrogen) atoms. The number of halogens is 1. The van der Waals surface area contributed by atoms with Crippen molar-refractivity contribution in [3.63, 3.8) is 0 Å². The number of rotatable bonds is 6. The zero-order valence-electron chi connectivity index (χ0n) is 11.8. The minimum atomic E-state index is -3.42. The molecule has 0 aliphatic carbocycles. The van der Waals surface area contributed by atoms with Gasteiger partial charge in [-0.25, -0.2) is 13.1 Å². The zero-order chi connectivity index (χ0) is 14.6. The minimum Gasteiger partial charge on any atom is -0.303 e. The van der Waals surface area contributed by atoms with Gasteiger partial charge in [-0.1, -0.05) is 15.9 Å². The average molecular weight is 349 g/mol. The highest BCUT2D eigenvalue weighted by Crippen LogP contribution is 2.19. The number of likely N-dealkylation sites (N-methyl/N-ethyl adjacent to an activating group) is 1. The van der Waals surface area contributed by atoms with Crippen LogP contribution < -0.4 is 4.72 Å². The van der Waals surface area contributed by atoms with Crippen molar-refractivity contribution in [3.05, 3.63) is 28.2 Å². The average Bonchev–Trinajstić information content (AvgIpc) is 2.32. The van der Waals surface area contributed by atoms with Crippen LogP contribution in [0.1, 0.15) is 19.4 Å². The Labute approximate surface area is 124 Å². The fourth-order valence-corrected chi connectivity index (χ4v) is 2.83. The number of nitrogens with one attached hydrogen (secondary N) is 1. The van der Waals surface area contributed by atoms with Crippen molar-refractivity contribution in [2.75, 3.05) is 20.1 Å². The quantitative estimate of drug-likeness (QED) is 0.858. The second-order valence-electron chi connectivity index (χ2n) is 4.88. The van der Waals surface area contributed by atoms with E-state index in [9.17, 15) is 8.42 Å². The molecule has 0 bridgehead atoms. The third kappa shape index (κ3) is 4.87. The summed E-state index contributed by atoms with van der Waals surface area (Å²) in [7, 11) is -1.44. The maximum absolute atomic E-state index is 12.1. The Bertz CT molecular complexity index is 529. The second kappa shape index (κ2) is 6.83. The van der Waals surface area contributed by atoms with E-state index in [1.165, 1.54) is 0 Å². The van der Waals surface area contributed by atoms with E-state index >= 15 is 0 Å². The molecular formula is C13H21BrN2O2S. The molecule has 1 rings (SSSR count). The molecule has 0 heterocycles. The summed E-state index contributed by atoms with van der Waals surface area (Å²) in [5.74, 6) is 0. The van der Waals surface area contributed by atoms with Crippen molar-refractivity contribution < 1.29 is 8.42 Å². The molecule has 0 aliphatic heterocycles. The molecule has 1 aromatic carbocycles. The van der Waals surface area contributed by atoms with Gasteiger partial charge < -0.3 is 4.90 Å². The van der Waals surface area contributed by atoms with Gasteiger partial charge >= 0.3 is 0 Å². The van der Waals surface area contributed by atoms with Gasteiger partial charge in [-0.15, -0.1) is 0 Å². The number of benzene rings is 1. The largest absolute Gasteiger partial charge is 0.303 e. The van der Waals surface area contributed by atoms with Gasteiger partial charge in [-0.05, 0) is 51.6 Å². The highest BCUT2D eigenvalue weighted by Gasteiger charge is 2.14. The fourth-order valence-electron chi connectivity index (χ4n) is 1.48. The SMILES string of the molecule is Cc1cc(S(=O)(=O)NCCN(C)C(C)C)ccc1Br. The number of sulfonamides is 1. The van der Waals surface area contributed by atoms with E-state index in [4.69, 9.17) is 0 Å². The third-order valence-electron chi connectivity index (χ3n) is 3.08. The Kier molecular flexibility index (Phi) is 5.98. The molecule has 0 aliphatic rings. The first-order valence-corrected chi connectivity index (χ1v) is 8.47. The van der Waals surface area contributed by atoms with Crippen LogP contribution in [0, 0.1) is 6.92 Å². The maximum atomic E-state index is 12.1. The van der Waals surface area contributed by atoms with Crippen molar-refractivity contribution in [2.24, 2.45) is 0 Å². The van der Waals surface area contributed by atoms with Crippen LogP contribution in [0.3, 0.4) is 0 Å². The molecule has 0 amide bonds. The van der Waals surface area contributed by atoms with Crippen LogP contribution in [-0.4, -0.2) is 39.5 Å². The van der Waals surface area contributed by atoms with E-state index in [0.29, 0.717) is 24.0 Å². The monoisotopic (exact) mass is 348 g/mol. The van der Waals surface area contributed by atoms with Gasteiger partial charge in [0.25, 0.3) is 0 Å². The summed E-state index contributed by atoms with van der Waals surface area (Å²) < 4.78 is 27.7. The molecule has 0 atom stereocenters. The maximum Gasteiger partial charge on any atom is 0.240 e. The fraction of sp³-hybridized carbons (Fsp3) is 0.538. The van der Waals surface area contributed by atoms with E-state index in [2.05, 4.69) is 39.4 Å². The molecule has 0 spiro atoms. The minimum absolute atomic E-state index is 0.306. The van der Waals surface area contributed by atoms with Crippen LogP contribution in [0.25, 0.3) is 0 Å². The molecule has 108 valence electrons. The van der Waals surface area contributed by atoms with E-state index in [1.54, 1.807) is 18.2 Å². The third-order valence-corrected chi connectivity index (χ3v) is 5.43. The lowest BCUT2D eigenvalue weighted by atomic mass is 10.2. The van der Waals surface area contributed by atoms with Crippen LogP contribution in [0.2, 0.25) is 0 Å². The second-order valence-corrected chi connectivity index (χ2v) is 7.50. The van der Waals surface area contributed by atoms with Crippen LogP contribution in [-0.2, 0) is 10.0 Å². The Morgan fingerprint density at radius 3 is 2.53 bits per heavy atom. The lowest BCUT2D eigenvalue weighted by molar-refractivity contribution is 0.278. The summed E-state index contributed by atoms with van der Waals surface area (Å²) in [5, 5.41) is 0. The van der Waals surface area contributed by atoms with Gasteiger partial charge in [0.15, 0.2) is 0 Å². The molecule has 0 aromatic heterocycles. The first-order chi connectivity index (χ1) is 8.74. The number of hydrogen-bond donors (Lipinski definition) is 1. The van der Waals surface area contributed by atoms with Gasteiger partial charge in [0.05, 0.1) is 4.90 Å². The summed E-state index contributed by atoms with van der Waals surface area (Å²) in [6, 6.07) is 5.42. The Morgan fingerprint density at radius 2 is 2.00 bits per heavy atom. The van der Waals surface area contributed by atoms with E-state index in [1.807, 2.05) is 14.0 Å². The standard InChI is InChI=1S/C13H21BrN2O2S/c1-10(2)16(4)8-7-15-19(17,18)12-5-6-13(14)11(3)9-12/h5-6,9-10,15H,7-8H2,1-4H3. The van der Waals surface area contributed by atoms with Gasteiger partial charge in [-0.2, -0.15) is 0 Å². The summed E-state index contributed by atoms with van der Waals surface area (Å²) in [5.41, 5.74) is 0.905. The summed E-state index contributed by atoms with van der Waals surface area (Å²) >= 11 is 3.36. The lowest BCUT2D eigenvalue weighted by Crippen LogP contribution is -2.36. The highest BCUT2D eigenvalue weighted by atomic mass is 79.9. The van der Waals surface area contributed by atoms with Gasteiger partial charge in [0, 0.05) is 23.6 Å². The molecule has 6 heteroatoms. The zero-order valence-corrected chi connectivity index (χ0v) is 14.2. The van der Waals surface area contributed by atoms with Crippen molar-refractivity contribution in [1.82, 2.24) is 9.62 Å². The molecule has 4 nitrogen and oxygen atoms in total. The topological polar surface area (TPSA) is 49.4 Å². The van der Waals surface area contributed by atoms with E-state index in [0.717, 1.165) is 10.0 Å². The molecule has 0 unspecified atom stereocenters. The Morgan fingerprint density at radius 1 is 1.37 bits per heavy atom. The van der Waals surface area contributed by atoms with Crippen molar-refractivity contribution in [1.29, 1.82) is 0 Å². The van der Waals surface area contributed by atoms with Crippen molar-refractivity contribution >= 4 is 26.0 Å². The van der Waals surface area contributed by atoms with E-state index in [-0.39, 0.29) is 0 Å². The molecular weight excluding hydrogens is 328 g/mol. The molecule has 1 aromatic rings. The van der Waals surface area contributed by atoms with Gasteiger partial charge in [0.1, 0.15) is 0 Å². The predicted molar refractivity (Wildman–Crippen MR) is 81.8 cm³/mol. The van der Waals surface area contributed by atoms with Gasteiger partial charge in [0.2, 0.25) is 10.0 Å². The van der Waals surface area contributed by atoms with E-state index < -0.39 is 10.0 Å². The summed E-state index contributed by atoms with van der Waals surface area (Å²) in [6.45, 7) is 7.12. The van der Waals surface area contributed by atoms with Gasteiger partial charge in [-0.3, -0.25) is 0 Å². The number of nitrogens with zero attached hydrogens (tertiary/aromatic N) is 1. The molecule has 0 saturated heterocycles. The summed E-state index contributed by atoms with van der Waals surface area (Å²) in [6.07, 6.45) is 0. The first-order valence-electron chi connectivity index (χ1n) is 6.20. The highest BCUT2D eigenvalue weighted by molar-refractivity contribution is 9.10. The number of hydrogen-bond acceptors (Lipinski definition) is 3. The van der Waals surface area contributed by atoms with Crippen LogP contribution in [0.5, 0.6) is 0 Å². The van der Waals surface area contributed by atoms with Crippen molar-refractivity contribution in [2.45, 2.75) is 31.7 Å².